The second-order valence-electron chi connectivity index (χ2n) is 6.40. The highest BCUT2D eigenvalue weighted by Gasteiger charge is 2.26. The molecule has 0 saturated carbocycles. The first-order valence-corrected chi connectivity index (χ1v) is 10.2. The van der Waals surface area contributed by atoms with Crippen molar-refractivity contribution >= 4 is 63.8 Å². The number of Topliss-reactive ketones (excluding diaryl/α,β-unsaturated/α-hetero) is 1. The van der Waals surface area contributed by atoms with E-state index < -0.39 is 17.8 Å². The van der Waals surface area contributed by atoms with E-state index in [2.05, 4.69) is 0 Å². The molecule has 0 aliphatic rings. The Morgan fingerprint density at radius 2 is 1.50 bits per heavy atom. The molecule has 0 aliphatic carbocycles. The van der Waals surface area contributed by atoms with E-state index in [4.69, 9.17) is 46.4 Å². The average molecular weight is 483 g/mol. The largest absolute Gasteiger partial charge is 0.380 e. The maximum Gasteiger partial charge on any atom is 0.259 e. The summed E-state index contributed by atoms with van der Waals surface area (Å²) in [5, 5.41) is 10.9. The smallest absolute Gasteiger partial charge is 0.259 e. The maximum atomic E-state index is 12.9. The molecule has 0 heterocycles. The molecule has 1 unspecified atom stereocenters. The minimum Gasteiger partial charge on any atom is -0.380 e. The second kappa shape index (κ2) is 9.38. The minimum absolute atomic E-state index is 0.0167. The van der Waals surface area contributed by atoms with Crippen molar-refractivity contribution in [3.63, 3.8) is 0 Å². The molecule has 1 N–H and O–H groups in total. The minimum atomic E-state index is -1.50. The quantitative estimate of drug-likeness (QED) is 0.422. The summed E-state index contributed by atoms with van der Waals surface area (Å²) in [6.07, 6.45) is -1.50. The van der Waals surface area contributed by atoms with Gasteiger partial charge in [0.15, 0.2) is 5.78 Å². The van der Waals surface area contributed by atoms with Crippen LogP contribution in [0.2, 0.25) is 20.1 Å². The topological polar surface area (TPSA) is 57.6 Å². The Kier molecular flexibility index (Phi) is 7.06. The zero-order chi connectivity index (χ0) is 22.0. The molecule has 0 radical (unpaired) electrons. The number of ketones is 1. The van der Waals surface area contributed by atoms with Crippen molar-refractivity contribution in [2.45, 2.75) is 6.10 Å². The summed E-state index contributed by atoms with van der Waals surface area (Å²) in [5.74, 6) is -0.967. The molecule has 30 heavy (non-hydrogen) atoms. The number of halogens is 4. The Hall–Kier alpha value is -2.08. The van der Waals surface area contributed by atoms with Crippen LogP contribution in [0.1, 0.15) is 32.4 Å². The van der Waals surface area contributed by atoms with Gasteiger partial charge < -0.3 is 10.0 Å². The van der Waals surface area contributed by atoms with E-state index in [1.54, 1.807) is 48.5 Å². The molecule has 0 aliphatic heterocycles. The summed E-state index contributed by atoms with van der Waals surface area (Å²) in [5.41, 5.74) is 0.957. The Balaban J connectivity index is 1.93. The van der Waals surface area contributed by atoms with Crippen LogP contribution >= 0.6 is 46.4 Å². The molecule has 1 atom stereocenters. The van der Waals surface area contributed by atoms with Gasteiger partial charge in [0, 0.05) is 18.2 Å². The lowest BCUT2D eigenvalue weighted by molar-refractivity contribution is 0.0747. The lowest BCUT2D eigenvalue weighted by Gasteiger charge is -2.22. The Morgan fingerprint density at radius 1 is 0.833 bits per heavy atom. The molecule has 1 amide bonds. The van der Waals surface area contributed by atoms with E-state index in [1.807, 2.05) is 0 Å². The van der Waals surface area contributed by atoms with Gasteiger partial charge in [0.25, 0.3) is 5.91 Å². The number of anilines is 1. The summed E-state index contributed by atoms with van der Waals surface area (Å²) in [4.78, 5) is 26.7. The fourth-order valence-corrected chi connectivity index (χ4v) is 3.83. The number of carbonyl (C=O) groups excluding carboxylic acids is 2. The summed E-state index contributed by atoms with van der Waals surface area (Å²) in [6, 6.07) is 16.0. The second-order valence-corrected chi connectivity index (χ2v) is 7.94. The van der Waals surface area contributed by atoms with Crippen molar-refractivity contribution in [1.29, 1.82) is 0 Å². The monoisotopic (exact) mass is 481 g/mol. The number of hydrogen-bond donors (Lipinski definition) is 1. The van der Waals surface area contributed by atoms with Crippen LogP contribution in [0.15, 0.2) is 60.7 Å². The predicted octanol–water partition coefficient (Wildman–Crippen LogP) is 6.49. The molecule has 0 bridgehead atoms. The zero-order valence-corrected chi connectivity index (χ0v) is 18.6. The first-order chi connectivity index (χ1) is 14.2. The average Bonchev–Trinajstić information content (AvgIpc) is 2.76. The fourth-order valence-electron chi connectivity index (χ4n) is 2.88. The number of amides is 1. The molecule has 154 valence electrons. The van der Waals surface area contributed by atoms with Gasteiger partial charge in [-0.2, -0.15) is 0 Å². The van der Waals surface area contributed by atoms with Crippen molar-refractivity contribution in [1.82, 2.24) is 0 Å². The number of aliphatic hydroxyl groups is 1. The van der Waals surface area contributed by atoms with Gasteiger partial charge in [-0.1, -0.05) is 88.9 Å². The zero-order valence-electron chi connectivity index (χ0n) is 15.6. The molecule has 3 aromatic rings. The SMILES string of the molecule is CN(C(=O)c1cccc(Cl)c1Cl)c1ccc(C(O)C(=O)c2ccccc2)c(Cl)c1Cl. The summed E-state index contributed by atoms with van der Waals surface area (Å²) >= 11 is 24.9. The number of hydrogen-bond acceptors (Lipinski definition) is 3. The highest BCUT2D eigenvalue weighted by atomic mass is 35.5. The standard InChI is InChI=1S/C22H15Cl4NO3/c1-27(22(30)14-8-5-9-15(23)17(14)24)16-11-10-13(18(25)19(16)26)21(29)20(28)12-6-3-2-4-7-12/h2-11,21,29H,1H3. The van der Waals surface area contributed by atoms with Gasteiger partial charge in [0.2, 0.25) is 0 Å². The molecule has 8 heteroatoms. The van der Waals surface area contributed by atoms with Gasteiger partial charge in [0.1, 0.15) is 6.10 Å². The van der Waals surface area contributed by atoms with Gasteiger partial charge in [-0.3, -0.25) is 9.59 Å². The Morgan fingerprint density at radius 3 is 2.17 bits per heavy atom. The first-order valence-electron chi connectivity index (χ1n) is 8.71. The third kappa shape index (κ3) is 4.34. The van der Waals surface area contributed by atoms with Crippen LogP contribution in [0.5, 0.6) is 0 Å². The van der Waals surface area contributed by atoms with Crippen LogP contribution in [0.25, 0.3) is 0 Å². The third-order valence-corrected chi connectivity index (χ3v) is 6.25. The van der Waals surface area contributed by atoms with Crippen LogP contribution in [-0.2, 0) is 0 Å². The van der Waals surface area contributed by atoms with Crippen molar-refractivity contribution in [3.8, 4) is 0 Å². The highest BCUT2D eigenvalue weighted by Crippen LogP contribution is 2.39. The summed E-state index contributed by atoms with van der Waals surface area (Å²) in [7, 11) is 1.50. The van der Waals surface area contributed by atoms with Crippen LogP contribution < -0.4 is 4.90 Å². The number of rotatable bonds is 5. The lowest BCUT2D eigenvalue weighted by atomic mass is 9.99. The van der Waals surface area contributed by atoms with Gasteiger partial charge in [-0.25, -0.2) is 0 Å². The van der Waals surface area contributed by atoms with E-state index >= 15 is 0 Å². The molecular weight excluding hydrogens is 468 g/mol. The van der Waals surface area contributed by atoms with Crippen molar-refractivity contribution in [2.75, 3.05) is 11.9 Å². The third-order valence-electron chi connectivity index (χ3n) is 4.54. The number of aliphatic hydroxyl groups excluding tert-OH is 1. The molecular formula is C22H15Cl4NO3. The van der Waals surface area contributed by atoms with Crippen molar-refractivity contribution < 1.29 is 14.7 Å². The van der Waals surface area contributed by atoms with Crippen LogP contribution in [0, 0.1) is 0 Å². The molecule has 0 fully saturated rings. The van der Waals surface area contributed by atoms with Gasteiger partial charge in [-0.15, -0.1) is 0 Å². The molecule has 3 aromatic carbocycles. The molecule has 3 rings (SSSR count). The molecule has 0 spiro atoms. The molecule has 4 nitrogen and oxygen atoms in total. The number of benzene rings is 3. The van der Waals surface area contributed by atoms with E-state index in [-0.39, 0.29) is 36.9 Å². The van der Waals surface area contributed by atoms with E-state index in [0.29, 0.717) is 5.56 Å². The van der Waals surface area contributed by atoms with Crippen LogP contribution in [-0.4, -0.2) is 23.8 Å². The normalized spacial score (nSPS) is 11.8. The number of nitrogens with zero attached hydrogens (tertiary/aromatic N) is 1. The molecule has 0 aromatic heterocycles. The Labute approximate surface area is 193 Å². The van der Waals surface area contributed by atoms with Gasteiger partial charge >= 0.3 is 0 Å². The van der Waals surface area contributed by atoms with Gasteiger partial charge in [0.05, 0.1) is 31.3 Å². The first kappa shape index (κ1) is 22.6. The maximum absolute atomic E-state index is 12.9. The van der Waals surface area contributed by atoms with Gasteiger partial charge in [-0.05, 0) is 18.2 Å². The lowest BCUT2D eigenvalue weighted by Crippen LogP contribution is -2.27. The van der Waals surface area contributed by atoms with E-state index in [9.17, 15) is 14.7 Å². The van der Waals surface area contributed by atoms with E-state index in [0.717, 1.165) is 0 Å². The number of carbonyl (C=O) groups is 2. The molecule has 0 saturated heterocycles. The highest BCUT2D eigenvalue weighted by molar-refractivity contribution is 6.46. The fraction of sp³-hybridized carbons (Fsp3) is 0.0909. The van der Waals surface area contributed by atoms with E-state index in [1.165, 1.54) is 24.1 Å². The summed E-state index contributed by atoms with van der Waals surface area (Å²) in [6.45, 7) is 0. The predicted molar refractivity (Wildman–Crippen MR) is 121 cm³/mol. The van der Waals surface area contributed by atoms with Crippen molar-refractivity contribution in [2.24, 2.45) is 0 Å². The van der Waals surface area contributed by atoms with Crippen LogP contribution in [0.4, 0.5) is 5.69 Å². The Bertz CT molecular complexity index is 1120. The summed E-state index contributed by atoms with van der Waals surface area (Å²) < 4.78 is 0. The van der Waals surface area contributed by atoms with Crippen molar-refractivity contribution in [3.05, 3.63) is 97.4 Å². The van der Waals surface area contributed by atoms with Crippen LogP contribution in [0.3, 0.4) is 0 Å².